The molecule has 0 heterocycles. The fraction of sp³-hybridized carbons (Fsp3) is 0.917. The van der Waals surface area contributed by atoms with E-state index in [1.165, 1.54) is 25.0 Å². The Morgan fingerprint density at radius 3 is 2.50 bits per heavy atom. The van der Waals surface area contributed by atoms with Gasteiger partial charge in [0.2, 0.25) is 5.91 Å². The first kappa shape index (κ1) is 15.8. The summed E-state index contributed by atoms with van der Waals surface area (Å²) in [7, 11) is 0. The summed E-state index contributed by atoms with van der Waals surface area (Å²) in [5, 5.41) is 2.90. The van der Waals surface area contributed by atoms with Crippen molar-refractivity contribution < 1.29 is 4.79 Å². The first-order chi connectivity index (χ1) is 7.54. The summed E-state index contributed by atoms with van der Waals surface area (Å²) < 4.78 is 0. The number of unbranched alkanes of at least 4 members (excludes halogenated alkanes) is 3. The Morgan fingerprint density at radius 2 is 1.94 bits per heavy atom. The molecule has 0 spiro atoms. The van der Waals surface area contributed by atoms with Gasteiger partial charge in [-0.2, -0.15) is 11.8 Å². The Bertz CT molecular complexity index is 195. The Balaban J connectivity index is 3.42. The average Bonchev–Trinajstić information content (AvgIpc) is 2.27. The Morgan fingerprint density at radius 1 is 1.31 bits per heavy atom. The van der Waals surface area contributed by atoms with Crippen molar-refractivity contribution in [2.24, 2.45) is 5.73 Å². The zero-order chi connectivity index (χ0) is 12.4. The molecule has 0 rings (SSSR count). The lowest BCUT2D eigenvalue weighted by Gasteiger charge is -2.21. The molecule has 0 saturated heterocycles. The van der Waals surface area contributed by atoms with Crippen LogP contribution in [0.4, 0.5) is 0 Å². The Kier molecular flexibility index (Phi) is 8.76. The number of nitrogens with one attached hydrogen (secondary N) is 1. The molecule has 16 heavy (non-hydrogen) atoms. The zero-order valence-corrected chi connectivity index (χ0v) is 11.7. The number of thioether (sulfide) groups is 1. The van der Waals surface area contributed by atoms with E-state index in [-0.39, 0.29) is 5.91 Å². The molecule has 0 aliphatic heterocycles. The first-order valence-electron chi connectivity index (χ1n) is 6.10. The summed E-state index contributed by atoms with van der Waals surface area (Å²) in [6.07, 6.45) is 7.58. The highest BCUT2D eigenvalue weighted by Gasteiger charge is 2.24. The summed E-state index contributed by atoms with van der Waals surface area (Å²) in [5.41, 5.74) is 5.12. The van der Waals surface area contributed by atoms with Gasteiger partial charge in [-0.05, 0) is 38.2 Å². The third-order valence-electron chi connectivity index (χ3n) is 2.81. The molecule has 1 unspecified atom stereocenters. The third kappa shape index (κ3) is 7.12. The molecule has 0 aromatic rings. The number of carbonyl (C=O) groups excluding carboxylic acids is 1. The normalized spacial score (nSPS) is 14.5. The lowest BCUT2D eigenvalue weighted by molar-refractivity contribution is -0.125. The van der Waals surface area contributed by atoms with Gasteiger partial charge in [-0.25, -0.2) is 0 Å². The van der Waals surface area contributed by atoms with Crippen LogP contribution in [-0.4, -0.2) is 30.0 Å². The second-order valence-corrected chi connectivity index (χ2v) is 5.42. The van der Waals surface area contributed by atoms with E-state index >= 15 is 0 Å². The van der Waals surface area contributed by atoms with Crippen LogP contribution in [0.2, 0.25) is 0 Å². The van der Waals surface area contributed by atoms with Crippen LogP contribution in [0.3, 0.4) is 0 Å². The summed E-state index contributed by atoms with van der Waals surface area (Å²) in [4.78, 5) is 11.6. The molecule has 0 fully saturated rings. The molecule has 1 atom stereocenters. The van der Waals surface area contributed by atoms with Crippen molar-refractivity contribution in [3.8, 4) is 0 Å². The molecule has 4 heteroatoms. The maximum Gasteiger partial charge on any atom is 0.239 e. The molecule has 96 valence electrons. The van der Waals surface area contributed by atoms with Crippen LogP contribution in [0.15, 0.2) is 0 Å². The highest BCUT2D eigenvalue weighted by molar-refractivity contribution is 7.98. The second kappa shape index (κ2) is 8.88. The van der Waals surface area contributed by atoms with Crippen molar-refractivity contribution in [2.45, 2.75) is 51.5 Å². The van der Waals surface area contributed by atoms with Crippen molar-refractivity contribution >= 4 is 17.7 Å². The van der Waals surface area contributed by atoms with E-state index in [2.05, 4.69) is 11.6 Å². The monoisotopic (exact) mass is 246 g/mol. The van der Waals surface area contributed by atoms with Gasteiger partial charge in [0, 0.05) is 6.54 Å². The maximum absolute atomic E-state index is 11.6. The summed E-state index contributed by atoms with van der Waals surface area (Å²) in [5.74, 6) is 1.21. The van der Waals surface area contributed by atoms with Crippen LogP contribution in [0.25, 0.3) is 0 Å². The Hall–Kier alpha value is -0.220. The number of rotatable bonds is 9. The van der Waals surface area contributed by atoms with Gasteiger partial charge in [0.15, 0.2) is 0 Å². The number of hydrogen-bond donors (Lipinski definition) is 2. The summed E-state index contributed by atoms with van der Waals surface area (Å²) >= 11 is 1.89. The zero-order valence-electron chi connectivity index (χ0n) is 10.8. The van der Waals surface area contributed by atoms with Crippen molar-refractivity contribution in [1.29, 1.82) is 0 Å². The highest BCUT2D eigenvalue weighted by atomic mass is 32.2. The molecule has 0 aliphatic rings. The van der Waals surface area contributed by atoms with Crippen molar-refractivity contribution in [3.05, 3.63) is 0 Å². The number of hydrogen-bond acceptors (Lipinski definition) is 3. The van der Waals surface area contributed by atoms with Gasteiger partial charge in [0.1, 0.15) is 0 Å². The number of amides is 1. The van der Waals surface area contributed by atoms with Gasteiger partial charge in [-0.15, -0.1) is 0 Å². The van der Waals surface area contributed by atoms with Crippen LogP contribution < -0.4 is 11.1 Å². The number of carbonyl (C=O) groups is 1. The van der Waals surface area contributed by atoms with E-state index in [9.17, 15) is 4.79 Å². The lowest BCUT2D eigenvalue weighted by Crippen LogP contribution is -2.51. The van der Waals surface area contributed by atoms with E-state index in [0.717, 1.165) is 13.0 Å². The van der Waals surface area contributed by atoms with Gasteiger partial charge >= 0.3 is 0 Å². The smallest absolute Gasteiger partial charge is 0.239 e. The van der Waals surface area contributed by atoms with Crippen LogP contribution in [0, 0.1) is 0 Å². The van der Waals surface area contributed by atoms with Gasteiger partial charge in [0.25, 0.3) is 0 Å². The predicted molar refractivity (Wildman–Crippen MR) is 72.7 cm³/mol. The minimum atomic E-state index is -0.709. The second-order valence-electron chi connectivity index (χ2n) is 4.43. The van der Waals surface area contributed by atoms with E-state index in [1.807, 2.05) is 18.7 Å². The summed E-state index contributed by atoms with van der Waals surface area (Å²) in [6, 6.07) is 0. The van der Waals surface area contributed by atoms with Crippen molar-refractivity contribution in [3.63, 3.8) is 0 Å². The van der Waals surface area contributed by atoms with Crippen LogP contribution in [0.1, 0.15) is 46.0 Å². The van der Waals surface area contributed by atoms with Gasteiger partial charge in [-0.1, -0.05) is 19.8 Å². The molecule has 3 nitrogen and oxygen atoms in total. The molecular weight excluding hydrogens is 220 g/mol. The SMILES string of the molecule is CCC(C)(N)C(=O)NCCCCCCSC. The fourth-order valence-corrected chi connectivity index (χ4v) is 1.78. The van der Waals surface area contributed by atoms with E-state index < -0.39 is 5.54 Å². The molecule has 0 bridgehead atoms. The first-order valence-corrected chi connectivity index (χ1v) is 7.50. The highest BCUT2D eigenvalue weighted by Crippen LogP contribution is 2.06. The molecule has 3 N–H and O–H groups in total. The molecular formula is C12H26N2OS. The third-order valence-corrected chi connectivity index (χ3v) is 3.51. The predicted octanol–water partition coefficient (Wildman–Crippen LogP) is 2.15. The van der Waals surface area contributed by atoms with Crippen molar-refractivity contribution in [2.75, 3.05) is 18.6 Å². The molecule has 0 aromatic carbocycles. The van der Waals surface area contributed by atoms with E-state index in [1.54, 1.807) is 6.92 Å². The van der Waals surface area contributed by atoms with Crippen LogP contribution in [0.5, 0.6) is 0 Å². The van der Waals surface area contributed by atoms with Crippen molar-refractivity contribution in [1.82, 2.24) is 5.32 Å². The fourth-order valence-electron chi connectivity index (χ4n) is 1.29. The largest absolute Gasteiger partial charge is 0.355 e. The molecule has 0 saturated carbocycles. The van der Waals surface area contributed by atoms with Gasteiger partial charge in [-0.3, -0.25) is 4.79 Å². The maximum atomic E-state index is 11.6. The van der Waals surface area contributed by atoms with Gasteiger partial charge in [0.05, 0.1) is 5.54 Å². The molecule has 1 amide bonds. The lowest BCUT2D eigenvalue weighted by atomic mass is 9.99. The number of nitrogens with two attached hydrogens (primary N) is 1. The molecule has 0 radical (unpaired) electrons. The van der Waals surface area contributed by atoms with Gasteiger partial charge < -0.3 is 11.1 Å². The average molecular weight is 246 g/mol. The quantitative estimate of drug-likeness (QED) is 0.613. The topological polar surface area (TPSA) is 55.1 Å². The minimum Gasteiger partial charge on any atom is -0.355 e. The Labute approximate surface area is 104 Å². The molecule has 0 aromatic heterocycles. The van der Waals surface area contributed by atoms with Crippen LogP contribution >= 0.6 is 11.8 Å². The minimum absolute atomic E-state index is 0.0286. The standard InChI is InChI=1S/C12H26N2OS/c1-4-12(2,13)11(15)14-9-7-5-6-8-10-16-3/h4-10,13H2,1-3H3,(H,14,15). The van der Waals surface area contributed by atoms with E-state index in [0.29, 0.717) is 6.42 Å². The molecule has 0 aliphatic carbocycles. The summed E-state index contributed by atoms with van der Waals surface area (Å²) in [6.45, 7) is 4.47. The van der Waals surface area contributed by atoms with E-state index in [4.69, 9.17) is 5.73 Å². The van der Waals surface area contributed by atoms with Crippen LogP contribution in [-0.2, 0) is 4.79 Å².